The Balaban J connectivity index is 1.94. The highest BCUT2D eigenvalue weighted by atomic mass is 35.5. The molecule has 0 aromatic carbocycles. The molecule has 0 aliphatic heterocycles. The molecule has 7 heteroatoms. The smallest absolute Gasteiger partial charge is 0.222 e. The van der Waals surface area contributed by atoms with Crippen LogP contribution in [0.3, 0.4) is 0 Å². The number of hydrogen-bond donors (Lipinski definition) is 2. The number of carbonyl (C=O) groups is 1. The zero-order valence-electron chi connectivity index (χ0n) is 12.8. The second-order valence-corrected chi connectivity index (χ2v) is 6.01. The van der Waals surface area contributed by atoms with Crippen molar-refractivity contribution in [3.8, 4) is 0 Å². The summed E-state index contributed by atoms with van der Waals surface area (Å²) in [5.74, 6) is 0.186. The van der Waals surface area contributed by atoms with Gasteiger partial charge in [0.2, 0.25) is 5.91 Å². The highest BCUT2D eigenvalue weighted by Gasteiger charge is 2.31. The second-order valence-electron chi connectivity index (χ2n) is 5.62. The van der Waals surface area contributed by atoms with Crippen LogP contribution < -0.4 is 10.6 Å². The molecule has 0 unspecified atom stereocenters. The monoisotopic (exact) mass is 321 g/mol. The summed E-state index contributed by atoms with van der Waals surface area (Å²) in [4.78, 5) is 20.7. The number of pyridine rings is 1. The predicted octanol–water partition coefficient (Wildman–Crippen LogP) is 2.60. The summed E-state index contributed by atoms with van der Waals surface area (Å²) in [7, 11) is 1.69. The van der Waals surface area contributed by atoms with E-state index in [4.69, 9.17) is 11.6 Å². The van der Waals surface area contributed by atoms with E-state index in [-0.39, 0.29) is 17.9 Å². The number of anilines is 1. The molecule has 118 valence electrons. The van der Waals surface area contributed by atoms with Gasteiger partial charge in [-0.2, -0.15) is 0 Å². The first-order chi connectivity index (χ1) is 10.6. The van der Waals surface area contributed by atoms with Crippen molar-refractivity contribution in [1.29, 1.82) is 0 Å². The first-order valence-corrected chi connectivity index (χ1v) is 8.00. The second kappa shape index (κ2) is 6.12. The average molecular weight is 322 g/mol. The van der Waals surface area contributed by atoms with Gasteiger partial charge in [-0.05, 0) is 26.2 Å². The molecule has 6 nitrogen and oxygen atoms in total. The normalized spacial score (nSPS) is 21.2. The largest absolute Gasteiger partial charge is 0.383 e. The molecular weight excluding hydrogens is 302 g/mol. The van der Waals surface area contributed by atoms with Gasteiger partial charge in [0.25, 0.3) is 0 Å². The van der Waals surface area contributed by atoms with Crippen LogP contribution in [0.15, 0.2) is 12.4 Å². The molecule has 2 atom stereocenters. The van der Waals surface area contributed by atoms with Gasteiger partial charge in [-0.1, -0.05) is 11.6 Å². The summed E-state index contributed by atoms with van der Waals surface area (Å²) < 4.78 is 2.06. The lowest BCUT2D eigenvalue weighted by atomic mass is 10.1. The molecule has 0 radical (unpaired) electrons. The van der Waals surface area contributed by atoms with E-state index in [1.165, 1.54) is 0 Å². The minimum absolute atomic E-state index is 0.0693. The molecule has 2 aromatic rings. The highest BCUT2D eigenvalue weighted by molar-refractivity contribution is 6.30. The molecule has 0 bridgehead atoms. The zero-order valence-corrected chi connectivity index (χ0v) is 13.5. The number of imidazole rings is 1. The van der Waals surface area contributed by atoms with Crippen molar-refractivity contribution in [1.82, 2.24) is 19.9 Å². The standard InChI is InChI=1S/C15H20ClN5O/c1-3-18-11-7-12(16)20-14-13(11)19-8-21(14)10-5-4-9(6-10)15(22)17-2/h7-10H,3-6H2,1-2H3,(H,17,22)(H,18,20)/t9-,10+/m1/s1. The van der Waals surface area contributed by atoms with Crippen LogP contribution in [0.1, 0.15) is 32.2 Å². The summed E-state index contributed by atoms with van der Waals surface area (Å²) in [6, 6.07) is 2.04. The fourth-order valence-electron chi connectivity index (χ4n) is 3.22. The van der Waals surface area contributed by atoms with Gasteiger partial charge in [0.05, 0.1) is 12.0 Å². The van der Waals surface area contributed by atoms with Crippen molar-refractivity contribution in [3.05, 3.63) is 17.5 Å². The van der Waals surface area contributed by atoms with Gasteiger partial charge < -0.3 is 15.2 Å². The Kier molecular flexibility index (Phi) is 4.20. The third-order valence-corrected chi connectivity index (χ3v) is 4.48. The van der Waals surface area contributed by atoms with Crippen LogP contribution in [-0.4, -0.2) is 34.0 Å². The van der Waals surface area contributed by atoms with Crippen LogP contribution >= 0.6 is 11.6 Å². The van der Waals surface area contributed by atoms with Gasteiger partial charge in [-0.15, -0.1) is 0 Å². The van der Waals surface area contributed by atoms with Crippen LogP contribution in [0.2, 0.25) is 5.15 Å². The third kappa shape index (κ3) is 2.63. The number of amides is 1. The van der Waals surface area contributed by atoms with Crippen molar-refractivity contribution in [2.45, 2.75) is 32.2 Å². The predicted molar refractivity (Wildman–Crippen MR) is 87.1 cm³/mol. The maximum absolute atomic E-state index is 11.8. The van der Waals surface area contributed by atoms with Gasteiger partial charge in [0.15, 0.2) is 5.65 Å². The summed E-state index contributed by atoms with van der Waals surface area (Å²) in [6.45, 7) is 2.83. The van der Waals surface area contributed by atoms with Gasteiger partial charge in [-0.25, -0.2) is 9.97 Å². The Labute approximate surface area is 134 Å². The van der Waals surface area contributed by atoms with Crippen molar-refractivity contribution < 1.29 is 4.79 Å². The summed E-state index contributed by atoms with van der Waals surface area (Å²) in [5.41, 5.74) is 2.51. The van der Waals surface area contributed by atoms with E-state index in [9.17, 15) is 4.79 Å². The lowest BCUT2D eigenvalue weighted by molar-refractivity contribution is -0.124. The van der Waals surface area contributed by atoms with Gasteiger partial charge in [0.1, 0.15) is 10.7 Å². The molecule has 2 heterocycles. The maximum atomic E-state index is 11.8. The van der Waals surface area contributed by atoms with E-state index in [2.05, 4.69) is 25.2 Å². The molecule has 1 amide bonds. The number of halogens is 1. The van der Waals surface area contributed by atoms with Crippen molar-refractivity contribution in [2.24, 2.45) is 5.92 Å². The van der Waals surface area contributed by atoms with Crippen molar-refractivity contribution in [2.75, 3.05) is 18.9 Å². The molecule has 1 saturated carbocycles. The molecular formula is C15H20ClN5O. The number of rotatable bonds is 4. The number of aromatic nitrogens is 3. The van der Waals surface area contributed by atoms with Crippen molar-refractivity contribution >= 4 is 34.4 Å². The number of hydrogen-bond acceptors (Lipinski definition) is 4. The highest BCUT2D eigenvalue weighted by Crippen LogP contribution is 2.37. The van der Waals surface area contributed by atoms with Crippen LogP contribution in [-0.2, 0) is 4.79 Å². The van der Waals surface area contributed by atoms with E-state index in [1.807, 2.05) is 13.3 Å². The van der Waals surface area contributed by atoms with E-state index >= 15 is 0 Å². The Hall–Kier alpha value is -1.82. The lowest BCUT2D eigenvalue weighted by Gasteiger charge is -2.13. The van der Waals surface area contributed by atoms with E-state index in [0.29, 0.717) is 5.15 Å². The number of fused-ring (bicyclic) bond motifs is 1. The van der Waals surface area contributed by atoms with Crippen LogP contribution in [0.5, 0.6) is 0 Å². The average Bonchev–Trinajstić information content (AvgIpc) is 3.12. The van der Waals surface area contributed by atoms with Crippen molar-refractivity contribution in [3.63, 3.8) is 0 Å². The fraction of sp³-hybridized carbons (Fsp3) is 0.533. The summed E-state index contributed by atoms with van der Waals surface area (Å²) >= 11 is 6.14. The molecule has 0 saturated heterocycles. The Bertz CT molecular complexity index is 699. The Morgan fingerprint density at radius 3 is 3.05 bits per heavy atom. The lowest BCUT2D eigenvalue weighted by Crippen LogP contribution is -2.25. The molecule has 1 fully saturated rings. The minimum atomic E-state index is 0.0693. The molecule has 2 N–H and O–H groups in total. The number of carbonyl (C=O) groups excluding carboxylic acids is 1. The maximum Gasteiger partial charge on any atom is 0.222 e. The van der Waals surface area contributed by atoms with Crippen LogP contribution in [0, 0.1) is 5.92 Å². The number of nitrogens with zero attached hydrogens (tertiary/aromatic N) is 3. The third-order valence-electron chi connectivity index (χ3n) is 4.28. The topological polar surface area (TPSA) is 71.8 Å². The quantitative estimate of drug-likeness (QED) is 0.849. The first-order valence-electron chi connectivity index (χ1n) is 7.62. The molecule has 3 rings (SSSR count). The van der Waals surface area contributed by atoms with Gasteiger partial charge in [-0.3, -0.25) is 4.79 Å². The number of nitrogens with one attached hydrogen (secondary N) is 2. The summed E-state index contributed by atoms with van der Waals surface area (Å²) in [6.07, 6.45) is 4.47. The van der Waals surface area contributed by atoms with Crippen LogP contribution in [0.25, 0.3) is 11.2 Å². The van der Waals surface area contributed by atoms with E-state index in [1.54, 1.807) is 13.1 Å². The molecule has 22 heavy (non-hydrogen) atoms. The van der Waals surface area contributed by atoms with E-state index in [0.717, 1.165) is 42.7 Å². The van der Waals surface area contributed by atoms with Gasteiger partial charge >= 0.3 is 0 Å². The fourth-order valence-corrected chi connectivity index (χ4v) is 3.41. The molecule has 1 aliphatic rings. The van der Waals surface area contributed by atoms with Gasteiger partial charge in [0, 0.05) is 31.6 Å². The zero-order chi connectivity index (χ0) is 15.7. The van der Waals surface area contributed by atoms with Crippen LogP contribution in [0.4, 0.5) is 5.69 Å². The SMILES string of the molecule is CCNc1cc(Cl)nc2c1ncn2[C@H]1CC[C@@H](C(=O)NC)C1. The minimum Gasteiger partial charge on any atom is -0.383 e. The first kappa shape index (κ1) is 15.1. The summed E-state index contributed by atoms with van der Waals surface area (Å²) in [5, 5.41) is 6.45. The Morgan fingerprint density at radius 1 is 1.50 bits per heavy atom. The molecule has 2 aromatic heterocycles. The van der Waals surface area contributed by atoms with E-state index < -0.39 is 0 Å². The molecule has 1 aliphatic carbocycles. The Morgan fingerprint density at radius 2 is 2.32 bits per heavy atom. The molecule has 0 spiro atoms.